The second-order valence-corrected chi connectivity index (χ2v) is 7.25. The van der Waals surface area contributed by atoms with Crippen LogP contribution in [-0.2, 0) is 9.59 Å². The standard InChI is InChI=1S/C22H22N4O4S/c1-30-18-11-2-14(3-12-18)4-13-19(27)24-22(31)26-25-21(29)16-7-9-17(10-8-16)23-20(28)15-5-6-15/h2-4,7-13,15H,5-6H2,1H3,(H,23,28)(H,25,29)(H2,24,26,27,31). The molecule has 3 rings (SSSR count). The van der Waals surface area contributed by atoms with E-state index in [1.165, 1.54) is 6.08 Å². The zero-order chi connectivity index (χ0) is 22.2. The van der Waals surface area contributed by atoms with E-state index in [0.29, 0.717) is 11.3 Å². The fraction of sp³-hybridized carbons (Fsp3) is 0.182. The second-order valence-electron chi connectivity index (χ2n) is 6.84. The molecule has 0 aliphatic heterocycles. The highest BCUT2D eigenvalue weighted by molar-refractivity contribution is 7.80. The Morgan fingerprint density at radius 1 is 1.00 bits per heavy atom. The van der Waals surface area contributed by atoms with E-state index in [9.17, 15) is 14.4 Å². The highest BCUT2D eigenvalue weighted by Crippen LogP contribution is 2.30. The minimum Gasteiger partial charge on any atom is -0.497 e. The average molecular weight is 439 g/mol. The average Bonchev–Trinajstić information content (AvgIpc) is 3.62. The first-order valence-electron chi connectivity index (χ1n) is 9.59. The summed E-state index contributed by atoms with van der Waals surface area (Å²) in [6.07, 6.45) is 4.79. The Bertz CT molecular complexity index is 999. The first kappa shape index (κ1) is 22.0. The number of carbonyl (C=O) groups is 3. The van der Waals surface area contributed by atoms with Gasteiger partial charge in [0.15, 0.2) is 5.11 Å². The lowest BCUT2D eigenvalue weighted by Crippen LogP contribution is -2.48. The van der Waals surface area contributed by atoms with Gasteiger partial charge in [0.1, 0.15) is 5.75 Å². The largest absolute Gasteiger partial charge is 0.497 e. The number of amides is 3. The van der Waals surface area contributed by atoms with Crippen LogP contribution >= 0.6 is 12.2 Å². The van der Waals surface area contributed by atoms with E-state index in [4.69, 9.17) is 17.0 Å². The minimum absolute atomic E-state index is 0.000925. The molecule has 31 heavy (non-hydrogen) atoms. The molecule has 1 aliphatic rings. The summed E-state index contributed by atoms with van der Waals surface area (Å²) in [4.78, 5) is 35.9. The lowest BCUT2D eigenvalue weighted by Gasteiger charge is -2.10. The molecule has 1 saturated carbocycles. The van der Waals surface area contributed by atoms with Crippen molar-refractivity contribution in [2.45, 2.75) is 12.8 Å². The smallest absolute Gasteiger partial charge is 0.269 e. The summed E-state index contributed by atoms with van der Waals surface area (Å²) >= 11 is 5.01. The minimum atomic E-state index is -0.446. The van der Waals surface area contributed by atoms with Crippen LogP contribution in [0, 0.1) is 5.92 Å². The molecular formula is C22H22N4O4S. The van der Waals surface area contributed by atoms with Crippen molar-refractivity contribution in [2.24, 2.45) is 5.92 Å². The zero-order valence-electron chi connectivity index (χ0n) is 16.8. The maximum Gasteiger partial charge on any atom is 0.269 e. The third-order valence-corrected chi connectivity index (χ3v) is 4.64. The molecule has 4 N–H and O–H groups in total. The van der Waals surface area contributed by atoms with Crippen molar-refractivity contribution in [3.05, 3.63) is 65.7 Å². The molecule has 0 atom stereocenters. The lowest BCUT2D eigenvalue weighted by molar-refractivity contribution is -0.117. The van der Waals surface area contributed by atoms with Crippen LogP contribution < -0.4 is 26.2 Å². The second kappa shape index (κ2) is 10.4. The Hall–Kier alpha value is -3.72. The van der Waals surface area contributed by atoms with Crippen LogP contribution in [0.15, 0.2) is 54.6 Å². The van der Waals surface area contributed by atoms with Crippen molar-refractivity contribution in [3.63, 3.8) is 0 Å². The van der Waals surface area contributed by atoms with Gasteiger partial charge in [0.05, 0.1) is 7.11 Å². The van der Waals surface area contributed by atoms with E-state index in [1.807, 2.05) is 12.1 Å². The van der Waals surface area contributed by atoms with Crippen molar-refractivity contribution < 1.29 is 19.1 Å². The first-order valence-corrected chi connectivity index (χ1v) is 10.00. The van der Waals surface area contributed by atoms with Crippen LogP contribution in [0.25, 0.3) is 6.08 Å². The molecule has 3 amide bonds. The summed E-state index contributed by atoms with van der Waals surface area (Å²) in [5.74, 6) is -0.0559. The predicted octanol–water partition coefficient (Wildman–Crippen LogP) is 2.39. The lowest BCUT2D eigenvalue weighted by atomic mass is 10.2. The maximum atomic E-state index is 12.2. The summed E-state index contributed by atoms with van der Waals surface area (Å²) in [6, 6.07) is 13.7. The number of methoxy groups -OCH3 is 1. The van der Waals surface area contributed by atoms with E-state index in [-0.39, 0.29) is 16.9 Å². The fourth-order valence-corrected chi connectivity index (χ4v) is 2.70. The van der Waals surface area contributed by atoms with Gasteiger partial charge in [-0.25, -0.2) is 0 Å². The van der Waals surface area contributed by atoms with Crippen LogP contribution in [0.2, 0.25) is 0 Å². The van der Waals surface area contributed by atoms with E-state index in [1.54, 1.807) is 49.6 Å². The quantitative estimate of drug-likeness (QED) is 0.313. The molecule has 1 aliphatic carbocycles. The molecule has 9 heteroatoms. The van der Waals surface area contributed by atoms with Crippen LogP contribution in [-0.4, -0.2) is 29.9 Å². The van der Waals surface area contributed by atoms with Crippen LogP contribution in [0.5, 0.6) is 5.75 Å². The van der Waals surface area contributed by atoms with E-state index >= 15 is 0 Å². The van der Waals surface area contributed by atoms with Gasteiger partial charge in [-0.05, 0) is 73.1 Å². The van der Waals surface area contributed by atoms with Gasteiger partial charge in [0.25, 0.3) is 5.91 Å². The molecule has 0 saturated heterocycles. The molecule has 0 bridgehead atoms. The van der Waals surface area contributed by atoms with E-state index in [2.05, 4.69) is 21.5 Å². The molecule has 0 spiro atoms. The highest BCUT2D eigenvalue weighted by atomic mass is 32.1. The summed E-state index contributed by atoms with van der Waals surface area (Å²) in [5, 5.41) is 5.19. The molecule has 0 aromatic heterocycles. The summed E-state index contributed by atoms with van der Waals surface area (Å²) in [7, 11) is 1.58. The molecule has 2 aromatic rings. The molecular weight excluding hydrogens is 416 g/mol. The molecule has 1 fully saturated rings. The number of anilines is 1. The number of rotatable bonds is 6. The van der Waals surface area contributed by atoms with E-state index < -0.39 is 11.8 Å². The van der Waals surface area contributed by atoms with Crippen molar-refractivity contribution in [3.8, 4) is 5.75 Å². The Labute approximate surface area is 185 Å². The van der Waals surface area contributed by atoms with Crippen molar-refractivity contribution in [2.75, 3.05) is 12.4 Å². The summed E-state index contributed by atoms with van der Waals surface area (Å²) in [6.45, 7) is 0. The Balaban J connectivity index is 1.41. The molecule has 2 aromatic carbocycles. The third kappa shape index (κ3) is 6.93. The van der Waals surface area contributed by atoms with Gasteiger partial charge in [-0.15, -0.1) is 0 Å². The first-order chi connectivity index (χ1) is 14.9. The predicted molar refractivity (Wildman–Crippen MR) is 121 cm³/mol. The SMILES string of the molecule is COc1ccc(C=CC(=O)NC(=S)NNC(=O)c2ccc(NC(=O)C3CC3)cc2)cc1. The maximum absolute atomic E-state index is 12.2. The number of carbonyl (C=O) groups excluding carboxylic acids is 3. The molecule has 0 heterocycles. The normalized spacial score (nSPS) is 12.7. The summed E-state index contributed by atoms with van der Waals surface area (Å²) in [5.41, 5.74) is 6.70. The number of hydrogen-bond acceptors (Lipinski definition) is 5. The monoisotopic (exact) mass is 438 g/mol. The highest BCUT2D eigenvalue weighted by Gasteiger charge is 2.29. The van der Waals surface area contributed by atoms with Crippen LogP contribution in [0.1, 0.15) is 28.8 Å². The van der Waals surface area contributed by atoms with Gasteiger partial charge in [0.2, 0.25) is 11.8 Å². The Morgan fingerprint density at radius 2 is 1.68 bits per heavy atom. The fourth-order valence-electron chi connectivity index (χ4n) is 2.55. The van der Waals surface area contributed by atoms with Crippen molar-refractivity contribution in [1.29, 1.82) is 0 Å². The van der Waals surface area contributed by atoms with Crippen LogP contribution in [0.4, 0.5) is 5.69 Å². The topological polar surface area (TPSA) is 109 Å². The van der Waals surface area contributed by atoms with Crippen LogP contribution in [0.3, 0.4) is 0 Å². The van der Waals surface area contributed by atoms with Crippen molar-refractivity contribution >= 4 is 46.8 Å². The number of benzene rings is 2. The Morgan fingerprint density at radius 3 is 2.29 bits per heavy atom. The number of hydrogen-bond donors (Lipinski definition) is 4. The molecule has 8 nitrogen and oxygen atoms in total. The number of ether oxygens (including phenoxy) is 1. The zero-order valence-corrected chi connectivity index (χ0v) is 17.6. The van der Waals surface area contributed by atoms with Gasteiger partial charge < -0.3 is 10.1 Å². The Kier molecular flexibility index (Phi) is 7.34. The van der Waals surface area contributed by atoms with Gasteiger partial charge in [-0.3, -0.25) is 30.6 Å². The number of thiocarbonyl (C=S) groups is 1. The van der Waals surface area contributed by atoms with Crippen molar-refractivity contribution in [1.82, 2.24) is 16.2 Å². The van der Waals surface area contributed by atoms with Gasteiger partial charge in [-0.1, -0.05) is 12.1 Å². The number of hydrazine groups is 1. The number of nitrogens with one attached hydrogen (secondary N) is 4. The third-order valence-electron chi connectivity index (χ3n) is 4.43. The molecule has 0 unspecified atom stereocenters. The summed E-state index contributed by atoms with van der Waals surface area (Å²) < 4.78 is 5.08. The van der Waals surface area contributed by atoms with E-state index in [0.717, 1.165) is 24.2 Å². The molecule has 160 valence electrons. The molecule has 0 radical (unpaired) electrons. The van der Waals surface area contributed by atoms with Gasteiger partial charge >= 0.3 is 0 Å². The van der Waals surface area contributed by atoms with Gasteiger partial charge in [-0.2, -0.15) is 0 Å². The van der Waals surface area contributed by atoms with Gasteiger partial charge in [0, 0.05) is 23.2 Å².